The Morgan fingerprint density at radius 2 is 1.87 bits per heavy atom. The lowest BCUT2D eigenvalue weighted by Gasteiger charge is -2.38. The summed E-state index contributed by atoms with van der Waals surface area (Å²) in [5.41, 5.74) is 1.03. The molecule has 7 heteroatoms. The highest BCUT2D eigenvalue weighted by molar-refractivity contribution is 7.89. The summed E-state index contributed by atoms with van der Waals surface area (Å²) in [5.74, 6) is 0.321. The molecular formula is C16H23N3O3S. The fraction of sp³-hybridized carbons (Fsp3) is 0.625. The van der Waals surface area contributed by atoms with Gasteiger partial charge in [0, 0.05) is 45.0 Å². The van der Waals surface area contributed by atoms with Crippen LogP contribution in [-0.2, 0) is 21.4 Å². The fourth-order valence-corrected chi connectivity index (χ4v) is 4.69. The number of hydrogen-bond donors (Lipinski definition) is 0. The van der Waals surface area contributed by atoms with E-state index in [1.165, 1.54) is 0 Å². The predicted octanol–water partition coefficient (Wildman–Crippen LogP) is 1.25. The van der Waals surface area contributed by atoms with Crippen molar-refractivity contribution in [2.45, 2.75) is 32.7 Å². The number of nitrogens with zero attached hydrogens (tertiary/aromatic N) is 3. The van der Waals surface area contributed by atoms with E-state index < -0.39 is 10.0 Å². The molecule has 2 aliphatic heterocycles. The topological polar surface area (TPSA) is 70.6 Å². The molecule has 0 N–H and O–H groups in total. The van der Waals surface area contributed by atoms with Crippen LogP contribution >= 0.6 is 0 Å². The second-order valence-corrected chi connectivity index (χ2v) is 8.84. The molecule has 1 aromatic rings. The first-order valence-electron chi connectivity index (χ1n) is 8.09. The molecular weight excluding hydrogens is 314 g/mol. The summed E-state index contributed by atoms with van der Waals surface area (Å²) < 4.78 is 25.5. The van der Waals surface area contributed by atoms with Gasteiger partial charge in [-0.1, -0.05) is 0 Å². The molecule has 6 nitrogen and oxygen atoms in total. The van der Waals surface area contributed by atoms with Crippen molar-refractivity contribution in [2.24, 2.45) is 5.41 Å². The van der Waals surface area contributed by atoms with Gasteiger partial charge in [-0.2, -0.15) is 0 Å². The van der Waals surface area contributed by atoms with E-state index in [4.69, 9.17) is 0 Å². The lowest BCUT2D eigenvalue weighted by molar-refractivity contribution is -0.128. The Bertz CT molecular complexity index is 667. The molecule has 0 atom stereocenters. The predicted molar refractivity (Wildman–Crippen MR) is 87.0 cm³/mol. The Kier molecular flexibility index (Phi) is 4.42. The van der Waals surface area contributed by atoms with Crippen molar-refractivity contribution in [1.29, 1.82) is 0 Å². The van der Waals surface area contributed by atoms with E-state index in [0.29, 0.717) is 26.1 Å². The van der Waals surface area contributed by atoms with E-state index in [9.17, 15) is 13.2 Å². The van der Waals surface area contributed by atoms with Gasteiger partial charge in [-0.3, -0.25) is 9.78 Å². The number of pyridine rings is 1. The molecule has 0 unspecified atom stereocenters. The van der Waals surface area contributed by atoms with Crippen LogP contribution in [0.3, 0.4) is 0 Å². The smallest absolute Gasteiger partial charge is 0.223 e. The van der Waals surface area contributed by atoms with Crippen LogP contribution in [0.5, 0.6) is 0 Å². The Morgan fingerprint density at radius 1 is 1.22 bits per heavy atom. The maximum absolute atomic E-state index is 12.4. The lowest BCUT2D eigenvalue weighted by Crippen LogP contribution is -2.44. The van der Waals surface area contributed by atoms with Crippen LogP contribution in [0, 0.1) is 5.41 Å². The van der Waals surface area contributed by atoms with E-state index in [0.717, 1.165) is 24.9 Å². The summed E-state index contributed by atoms with van der Waals surface area (Å²) in [6, 6.07) is 3.85. The zero-order valence-corrected chi connectivity index (χ0v) is 14.3. The third-order valence-corrected chi connectivity index (χ3v) is 6.95. The fourth-order valence-electron chi connectivity index (χ4n) is 3.59. The summed E-state index contributed by atoms with van der Waals surface area (Å²) in [5, 5.41) is 0. The molecule has 0 radical (unpaired) electrons. The van der Waals surface area contributed by atoms with Crippen molar-refractivity contribution in [3.63, 3.8) is 0 Å². The quantitative estimate of drug-likeness (QED) is 0.829. The largest absolute Gasteiger partial charge is 0.338 e. The Morgan fingerprint density at radius 3 is 2.48 bits per heavy atom. The highest BCUT2D eigenvalue weighted by atomic mass is 32.2. The van der Waals surface area contributed by atoms with E-state index in [2.05, 4.69) is 4.98 Å². The molecule has 0 saturated carbocycles. The third kappa shape index (κ3) is 3.40. The van der Waals surface area contributed by atoms with Gasteiger partial charge in [0.2, 0.25) is 15.9 Å². The van der Waals surface area contributed by atoms with Gasteiger partial charge in [0.05, 0.1) is 5.75 Å². The molecule has 1 aromatic heterocycles. The number of rotatable bonds is 4. The standard InChI is InChI=1S/C16H23N3O3S/c1-2-23(21,22)19-9-5-16(6-10-19)11-15(20)18(13-16)12-14-3-7-17-8-4-14/h3-4,7-8H,2,5-6,9-13H2,1H3. The van der Waals surface area contributed by atoms with E-state index in [1.807, 2.05) is 17.0 Å². The molecule has 3 heterocycles. The number of hydrogen-bond acceptors (Lipinski definition) is 4. The SMILES string of the molecule is CCS(=O)(=O)N1CCC2(CC1)CC(=O)N(Cc1ccncc1)C2. The van der Waals surface area contributed by atoms with Gasteiger partial charge in [0.1, 0.15) is 0 Å². The van der Waals surface area contributed by atoms with Crippen LogP contribution in [0.1, 0.15) is 31.7 Å². The summed E-state index contributed by atoms with van der Waals surface area (Å²) in [6.45, 7) is 4.09. The molecule has 1 spiro atoms. The van der Waals surface area contributed by atoms with Crippen molar-refractivity contribution in [3.8, 4) is 0 Å². The number of piperidine rings is 1. The van der Waals surface area contributed by atoms with Crippen molar-refractivity contribution >= 4 is 15.9 Å². The van der Waals surface area contributed by atoms with Gasteiger partial charge in [0.15, 0.2) is 0 Å². The number of amides is 1. The monoisotopic (exact) mass is 337 g/mol. The molecule has 2 aliphatic rings. The van der Waals surface area contributed by atoms with Crippen LogP contribution in [0.4, 0.5) is 0 Å². The van der Waals surface area contributed by atoms with Crippen LogP contribution in [0.15, 0.2) is 24.5 Å². The minimum atomic E-state index is -3.12. The summed E-state index contributed by atoms with van der Waals surface area (Å²) >= 11 is 0. The maximum atomic E-state index is 12.4. The number of likely N-dealkylation sites (tertiary alicyclic amines) is 1. The molecule has 23 heavy (non-hydrogen) atoms. The minimum Gasteiger partial charge on any atom is -0.338 e. The van der Waals surface area contributed by atoms with Crippen LogP contribution in [-0.4, -0.2) is 53.9 Å². The highest BCUT2D eigenvalue weighted by Crippen LogP contribution is 2.41. The van der Waals surface area contributed by atoms with Gasteiger partial charge in [0.25, 0.3) is 0 Å². The normalized spacial score (nSPS) is 22.0. The average molecular weight is 337 g/mol. The first kappa shape index (κ1) is 16.4. The number of aromatic nitrogens is 1. The maximum Gasteiger partial charge on any atom is 0.223 e. The minimum absolute atomic E-state index is 0.0517. The van der Waals surface area contributed by atoms with Gasteiger partial charge in [-0.25, -0.2) is 12.7 Å². The third-order valence-electron chi connectivity index (χ3n) is 5.07. The summed E-state index contributed by atoms with van der Waals surface area (Å²) in [4.78, 5) is 18.3. The summed E-state index contributed by atoms with van der Waals surface area (Å²) in [6.07, 6.45) is 5.55. The van der Waals surface area contributed by atoms with Gasteiger partial charge < -0.3 is 4.90 Å². The molecule has 3 rings (SSSR count). The molecule has 126 valence electrons. The average Bonchev–Trinajstić information content (AvgIpc) is 2.84. The van der Waals surface area contributed by atoms with E-state index >= 15 is 0 Å². The number of carbonyl (C=O) groups excluding carboxylic acids is 1. The van der Waals surface area contributed by atoms with E-state index in [-0.39, 0.29) is 17.1 Å². The molecule has 2 saturated heterocycles. The summed E-state index contributed by atoms with van der Waals surface area (Å²) in [7, 11) is -3.12. The highest BCUT2D eigenvalue weighted by Gasteiger charge is 2.45. The number of sulfonamides is 1. The van der Waals surface area contributed by atoms with Gasteiger partial charge >= 0.3 is 0 Å². The van der Waals surface area contributed by atoms with Crippen molar-refractivity contribution in [3.05, 3.63) is 30.1 Å². The molecule has 0 aliphatic carbocycles. The van der Waals surface area contributed by atoms with Crippen LogP contribution in [0.2, 0.25) is 0 Å². The Hall–Kier alpha value is -1.47. The second kappa shape index (κ2) is 6.20. The molecule has 2 fully saturated rings. The second-order valence-electron chi connectivity index (χ2n) is 6.58. The lowest BCUT2D eigenvalue weighted by atomic mass is 9.78. The zero-order chi connectivity index (χ0) is 16.5. The van der Waals surface area contributed by atoms with Gasteiger partial charge in [-0.15, -0.1) is 0 Å². The molecule has 0 bridgehead atoms. The molecule has 1 amide bonds. The number of carbonyl (C=O) groups is 1. The molecule has 0 aromatic carbocycles. The van der Waals surface area contributed by atoms with E-state index in [1.54, 1.807) is 23.6 Å². The van der Waals surface area contributed by atoms with Crippen LogP contribution < -0.4 is 0 Å². The van der Waals surface area contributed by atoms with Crippen molar-refractivity contribution in [2.75, 3.05) is 25.4 Å². The van der Waals surface area contributed by atoms with Crippen molar-refractivity contribution < 1.29 is 13.2 Å². The first-order valence-corrected chi connectivity index (χ1v) is 9.70. The Labute approximate surface area is 137 Å². The Balaban J connectivity index is 1.64. The van der Waals surface area contributed by atoms with Crippen molar-refractivity contribution in [1.82, 2.24) is 14.2 Å². The zero-order valence-electron chi connectivity index (χ0n) is 13.4. The first-order chi connectivity index (χ1) is 10.9. The van der Waals surface area contributed by atoms with Gasteiger partial charge in [-0.05, 0) is 42.9 Å². The van der Waals surface area contributed by atoms with Crippen LogP contribution in [0.25, 0.3) is 0 Å².